The molecule has 0 spiro atoms. The minimum Gasteiger partial charge on any atom is -0.367 e. The van der Waals surface area contributed by atoms with E-state index < -0.39 is 17.1 Å². The summed E-state index contributed by atoms with van der Waals surface area (Å²) in [5, 5.41) is 19.1. The normalized spacial score (nSPS) is 15.2. The van der Waals surface area contributed by atoms with Crippen molar-refractivity contribution in [1.29, 1.82) is 0 Å². The van der Waals surface area contributed by atoms with E-state index >= 15 is 0 Å². The molecule has 6 heteroatoms. The molecule has 1 aliphatic rings. The van der Waals surface area contributed by atoms with Crippen LogP contribution in [0.1, 0.15) is 23.1 Å². The number of hydrogen-bond acceptors (Lipinski definition) is 5. The van der Waals surface area contributed by atoms with Crippen molar-refractivity contribution in [3.63, 3.8) is 0 Å². The van der Waals surface area contributed by atoms with Gasteiger partial charge >= 0.3 is 0 Å². The van der Waals surface area contributed by atoms with E-state index in [0.717, 1.165) is 45.3 Å². The van der Waals surface area contributed by atoms with Gasteiger partial charge in [0.15, 0.2) is 6.29 Å². The molecule has 1 atom stereocenters. The summed E-state index contributed by atoms with van der Waals surface area (Å²) in [6, 6.07) is 22.0. The maximum Gasteiger partial charge on any atom is 0.164 e. The van der Waals surface area contributed by atoms with E-state index in [4.69, 9.17) is 0 Å². The first-order valence-corrected chi connectivity index (χ1v) is 12.1. The summed E-state index contributed by atoms with van der Waals surface area (Å²) in [5.74, 6) is 0. The molecule has 0 amide bonds. The van der Waals surface area contributed by atoms with Crippen LogP contribution < -0.4 is 4.90 Å². The molecule has 1 unspecified atom stereocenters. The van der Waals surface area contributed by atoms with Gasteiger partial charge in [-0.1, -0.05) is 48.5 Å². The molecule has 0 radical (unpaired) electrons. The van der Waals surface area contributed by atoms with E-state index in [9.17, 15) is 14.4 Å². The van der Waals surface area contributed by atoms with Gasteiger partial charge in [-0.05, 0) is 55.2 Å². The minimum atomic E-state index is -1.37. The van der Waals surface area contributed by atoms with Crippen LogP contribution in [0.25, 0.3) is 0 Å². The lowest BCUT2D eigenvalue weighted by molar-refractivity contribution is -0.0626. The van der Waals surface area contributed by atoms with Gasteiger partial charge in [-0.2, -0.15) is 0 Å². The molecule has 3 aromatic carbocycles. The van der Waals surface area contributed by atoms with Crippen molar-refractivity contribution in [2.75, 3.05) is 24.5 Å². The predicted octanol–water partition coefficient (Wildman–Crippen LogP) is 4.12. The second kappa shape index (κ2) is 9.96. The zero-order valence-electron chi connectivity index (χ0n) is 18.6. The summed E-state index contributed by atoms with van der Waals surface area (Å²) in [6.45, 7) is 6.50. The minimum absolute atomic E-state index is 0.199. The Balaban J connectivity index is 1.56. The fourth-order valence-corrected chi connectivity index (χ4v) is 5.77. The zero-order valence-corrected chi connectivity index (χ0v) is 19.4. The number of para-hydroxylation sites is 1. The SMILES string of the molecule is Cc1ccc2c(c1C)N(CCCN(Cc1ccccc1)CC(O)O)c1ccccc1S2=O. The number of aliphatic hydroxyl groups excluding tert-OH is 1. The summed E-state index contributed by atoms with van der Waals surface area (Å²) in [7, 11) is -1.20. The second-order valence-corrected chi connectivity index (χ2v) is 9.71. The van der Waals surface area contributed by atoms with Crippen LogP contribution in [0, 0.1) is 13.8 Å². The summed E-state index contributed by atoms with van der Waals surface area (Å²) in [6.07, 6.45) is -0.546. The van der Waals surface area contributed by atoms with E-state index in [0.29, 0.717) is 13.1 Å². The summed E-state index contributed by atoms with van der Waals surface area (Å²) in [4.78, 5) is 6.05. The molecule has 3 aromatic rings. The molecule has 0 bridgehead atoms. The molecular weight excluding hydrogens is 420 g/mol. The van der Waals surface area contributed by atoms with Crippen molar-refractivity contribution in [1.82, 2.24) is 4.90 Å². The lowest BCUT2D eigenvalue weighted by Gasteiger charge is -2.35. The van der Waals surface area contributed by atoms with E-state index in [2.05, 4.69) is 35.8 Å². The molecular formula is C26H30N2O3S. The van der Waals surface area contributed by atoms with Gasteiger partial charge in [0.25, 0.3) is 0 Å². The van der Waals surface area contributed by atoms with Gasteiger partial charge in [0, 0.05) is 26.2 Å². The molecule has 168 valence electrons. The van der Waals surface area contributed by atoms with Crippen molar-refractivity contribution in [2.45, 2.75) is 42.9 Å². The fraction of sp³-hybridized carbons (Fsp3) is 0.308. The lowest BCUT2D eigenvalue weighted by atomic mass is 10.1. The van der Waals surface area contributed by atoms with Gasteiger partial charge in [-0.25, -0.2) is 4.21 Å². The Morgan fingerprint density at radius 2 is 1.66 bits per heavy atom. The van der Waals surface area contributed by atoms with Crippen LogP contribution in [0.2, 0.25) is 0 Å². The van der Waals surface area contributed by atoms with Crippen LogP contribution in [-0.2, 0) is 17.3 Å². The molecule has 0 aromatic heterocycles. The Morgan fingerprint density at radius 1 is 0.938 bits per heavy atom. The van der Waals surface area contributed by atoms with Crippen molar-refractivity contribution in [3.05, 3.63) is 83.4 Å². The molecule has 1 aliphatic heterocycles. The van der Waals surface area contributed by atoms with Crippen LogP contribution >= 0.6 is 0 Å². The molecule has 4 rings (SSSR count). The van der Waals surface area contributed by atoms with Crippen LogP contribution in [0.5, 0.6) is 0 Å². The topological polar surface area (TPSA) is 64.0 Å². The first-order chi connectivity index (χ1) is 15.5. The highest BCUT2D eigenvalue weighted by Gasteiger charge is 2.29. The molecule has 0 saturated carbocycles. The van der Waals surface area contributed by atoms with Crippen molar-refractivity contribution < 1.29 is 14.4 Å². The Kier molecular flexibility index (Phi) is 7.06. The highest BCUT2D eigenvalue weighted by atomic mass is 32.2. The highest BCUT2D eigenvalue weighted by Crippen LogP contribution is 2.44. The Hall–Kier alpha value is -2.51. The molecule has 32 heavy (non-hydrogen) atoms. The van der Waals surface area contributed by atoms with E-state index in [1.54, 1.807) is 0 Å². The van der Waals surface area contributed by atoms with Crippen molar-refractivity contribution in [2.24, 2.45) is 0 Å². The first kappa shape index (κ1) is 22.7. The standard InChI is InChI=1S/C26H30N2O3S/c1-19-13-14-24-26(20(19)2)28(22-11-6-7-12-23(22)32(24)31)16-8-15-27(18-25(29)30)17-21-9-4-3-5-10-21/h3-7,9-14,25,29-30H,8,15-18H2,1-2H3. The molecule has 0 aliphatic carbocycles. The average Bonchev–Trinajstić information content (AvgIpc) is 2.78. The lowest BCUT2D eigenvalue weighted by Crippen LogP contribution is -2.35. The molecule has 0 fully saturated rings. The molecule has 0 saturated heterocycles. The van der Waals surface area contributed by atoms with Crippen LogP contribution in [0.15, 0.2) is 76.5 Å². The third-order valence-electron chi connectivity index (χ3n) is 6.02. The molecule has 5 nitrogen and oxygen atoms in total. The number of benzene rings is 3. The Morgan fingerprint density at radius 3 is 2.41 bits per heavy atom. The van der Waals surface area contributed by atoms with Gasteiger partial charge in [0.05, 0.1) is 32.0 Å². The quantitative estimate of drug-likeness (QED) is 0.506. The van der Waals surface area contributed by atoms with Crippen LogP contribution in [0.4, 0.5) is 11.4 Å². The number of rotatable bonds is 8. The van der Waals surface area contributed by atoms with Crippen molar-refractivity contribution in [3.8, 4) is 0 Å². The van der Waals surface area contributed by atoms with Crippen LogP contribution in [0.3, 0.4) is 0 Å². The smallest absolute Gasteiger partial charge is 0.164 e. The second-order valence-electron chi connectivity index (χ2n) is 8.30. The first-order valence-electron chi connectivity index (χ1n) is 11.0. The highest BCUT2D eigenvalue weighted by molar-refractivity contribution is 7.85. The largest absolute Gasteiger partial charge is 0.367 e. The van der Waals surface area contributed by atoms with E-state index in [1.807, 2.05) is 54.6 Å². The number of aliphatic hydroxyl groups is 2. The Bertz CT molecular complexity index is 1100. The number of fused-ring (bicyclic) bond motifs is 2. The van der Waals surface area contributed by atoms with Gasteiger partial charge in [0.1, 0.15) is 0 Å². The molecule has 1 heterocycles. The zero-order chi connectivity index (χ0) is 22.7. The predicted molar refractivity (Wildman–Crippen MR) is 129 cm³/mol. The summed E-state index contributed by atoms with van der Waals surface area (Å²) in [5.41, 5.74) is 5.50. The van der Waals surface area contributed by atoms with Gasteiger partial charge in [-0.15, -0.1) is 0 Å². The maximum atomic E-state index is 13.2. The van der Waals surface area contributed by atoms with E-state index in [-0.39, 0.29) is 6.54 Å². The van der Waals surface area contributed by atoms with E-state index in [1.165, 1.54) is 5.56 Å². The molecule has 2 N–H and O–H groups in total. The number of hydrogen-bond donors (Lipinski definition) is 2. The summed E-state index contributed by atoms with van der Waals surface area (Å²) < 4.78 is 13.2. The summed E-state index contributed by atoms with van der Waals surface area (Å²) >= 11 is 0. The van der Waals surface area contributed by atoms with Gasteiger partial charge in [0.2, 0.25) is 0 Å². The van der Waals surface area contributed by atoms with Crippen LogP contribution in [-0.4, -0.2) is 45.2 Å². The monoisotopic (exact) mass is 450 g/mol. The Labute approximate surface area is 192 Å². The average molecular weight is 451 g/mol. The number of nitrogens with zero attached hydrogens (tertiary/aromatic N) is 2. The van der Waals surface area contributed by atoms with Gasteiger partial charge < -0.3 is 15.1 Å². The fourth-order valence-electron chi connectivity index (χ4n) is 4.33. The number of anilines is 2. The van der Waals surface area contributed by atoms with Crippen molar-refractivity contribution >= 4 is 22.2 Å². The van der Waals surface area contributed by atoms with Gasteiger partial charge in [-0.3, -0.25) is 4.90 Å². The maximum absolute atomic E-state index is 13.2. The third-order valence-corrected chi connectivity index (χ3v) is 7.49. The number of aryl methyl sites for hydroxylation is 1. The third kappa shape index (κ3) is 4.79.